The molecule has 23 heavy (non-hydrogen) atoms. The summed E-state index contributed by atoms with van der Waals surface area (Å²) in [4.78, 5) is 35.6. The first kappa shape index (κ1) is 21.3. The van der Waals surface area contributed by atoms with Crippen molar-refractivity contribution in [3.8, 4) is 0 Å². The van der Waals surface area contributed by atoms with Crippen LogP contribution in [0.5, 0.6) is 0 Å². The molecule has 0 aliphatic heterocycles. The molecule has 1 radical (unpaired) electrons. The fraction of sp³-hybridized carbons (Fsp3) is 0.733. The number of hydrogen-bond donors (Lipinski definition) is 4. The number of nitrogens with one attached hydrogen (secondary N) is 2. The maximum absolute atomic E-state index is 11.9. The Kier molecular flexibility index (Phi) is 8.19. The van der Waals surface area contributed by atoms with Gasteiger partial charge in [-0.15, -0.1) is 5.06 Å². The maximum atomic E-state index is 11.9. The summed E-state index contributed by atoms with van der Waals surface area (Å²) < 4.78 is 0. The van der Waals surface area contributed by atoms with E-state index in [1.807, 2.05) is 6.92 Å². The molecule has 4 amide bonds. The van der Waals surface area contributed by atoms with Gasteiger partial charge in [0.2, 0.25) is 5.91 Å². The average Bonchev–Trinajstić information content (AvgIpc) is 2.46. The molecule has 4 N–H and O–H groups in total. The number of aliphatic hydroxyl groups is 1. The first-order chi connectivity index (χ1) is 10.4. The number of aliphatic hydroxyl groups excluding tert-OH is 1. The summed E-state index contributed by atoms with van der Waals surface area (Å²) in [6.07, 6.45) is -0.972. The van der Waals surface area contributed by atoms with Gasteiger partial charge in [0.25, 0.3) is 5.91 Å². The predicted molar refractivity (Wildman–Crippen MR) is 84.2 cm³/mol. The van der Waals surface area contributed by atoms with Crippen LogP contribution in [0.25, 0.3) is 0 Å². The van der Waals surface area contributed by atoms with Gasteiger partial charge in [0, 0.05) is 7.05 Å². The van der Waals surface area contributed by atoms with Gasteiger partial charge in [-0.1, -0.05) is 34.6 Å². The van der Waals surface area contributed by atoms with Crippen LogP contribution in [-0.2, 0) is 9.59 Å². The van der Waals surface area contributed by atoms with E-state index in [1.165, 1.54) is 7.05 Å². The van der Waals surface area contributed by atoms with Crippen molar-refractivity contribution in [3.05, 3.63) is 6.92 Å². The lowest BCUT2D eigenvalue weighted by Gasteiger charge is -2.30. The van der Waals surface area contributed by atoms with E-state index in [1.54, 1.807) is 20.8 Å². The van der Waals surface area contributed by atoms with Crippen LogP contribution in [0.1, 0.15) is 40.5 Å². The Labute approximate surface area is 137 Å². The van der Waals surface area contributed by atoms with E-state index in [4.69, 9.17) is 0 Å². The Morgan fingerprint density at radius 1 is 1.22 bits per heavy atom. The fourth-order valence-electron chi connectivity index (χ4n) is 1.81. The zero-order valence-electron chi connectivity index (χ0n) is 14.4. The number of rotatable bonds is 6. The lowest BCUT2D eigenvalue weighted by atomic mass is 9.86. The quantitative estimate of drug-likeness (QED) is 0.422. The van der Waals surface area contributed by atoms with Gasteiger partial charge in [-0.3, -0.25) is 14.8 Å². The van der Waals surface area contributed by atoms with Crippen molar-refractivity contribution in [2.75, 3.05) is 7.05 Å². The summed E-state index contributed by atoms with van der Waals surface area (Å²) in [7, 11) is 1.42. The summed E-state index contributed by atoms with van der Waals surface area (Å²) in [5.41, 5.74) is -0.637. The molecule has 0 saturated carbocycles. The highest BCUT2D eigenvalue weighted by Crippen LogP contribution is 2.19. The van der Waals surface area contributed by atoms with Crippen molar-refractivity contribution in [3.63, 3.8) is 0 Å². The fourth-order valence-corrected chi connectivity index (χ4v) is 1.81. The number of carbonyl (C=O) groups excluding carboxylic acids is 3. The predicted octanol–water partition coefficient (Wildman–Crippen LogP) is 0.686. The summed E-state index contributed by atoms with van der Waals surface area (Å²) >= 11 is 0. The SMILES string of the molecule is [CH2]C(C)CC[C@H](O)C(=O)N(O)C(=O)N[C@H](C(=O)NC)C(C)(C)C. The molecule has 3 atom stereocenters. The lowest BCUT2D eigenvalue weighted by Crippen LogP contribution is -2.57. The standard InChI is InChI=1S/C15H28N3O5/c1-9(2)7-8-10(19)13(21)18(23)14(22)17-11(12(20)16-6)15(3,4)5/h9-11,19,23H,1,7-8H2,2-6H3,(H,16,20)(H,17,22)/t9?,10-,11+/m0/s1. The molecule has 0 aliphatic rings. The van der Waals surface area contributed by atoms with Gasteiger partial charge in [0.05, 0.1) is 0 Å². The summed E-state index contributed by atoms with van der Waals surface area (Å²) in [6.45, 7) is 10.7. The van der Waals surface area contributed by atoms with Gasteiger partial charge in [0.15, 0.2) is 0 Å². The first-order valence-electron chi connectivity index (χ1n) is 7.47. The second-order valence-corrected chi connectivity index (χ2v) is 6.71. The van der Waals surface area contributed by atoms with Crippen LogP contribution in [0.4, 0.5) is 4.79 Å². The van der Waals surface area contributed by atoms with Crippen LogP contribution in [0.15, 0.2) is 0 Å². The molecule has 0 rings (SSSR count). The normalized spacial score (nSPS) is 14.1. The Balaban J connectivity index is 4.86. The molecular formula is C15H28N3O5. The van der Waals surface area contributed by atoms with Crippen LogP contribution in [0, 0.1) is 18.3 Å². The number of hydrogen-bond acceptors (Lipinski definition) is 5. The molecule has 8 nitrogen and oxygen atoms in total. The molecule has 0 saturated heterocycles. The number of imide groups is 1. The van der Waals surface area contributed by atoms with E-state index in [9.17, 15) is 24.7 Å². The highest BCUT2D eigenvalue weighted by molar-refractivity contribution is 5.97. The van der Waals surface area contributed by atoms with E-state index in [2.05, 4.69) is 17.6 Å². The smallest absolute Gasteiger partial charge is 0.349 e. The third-order valence-corrected chi connectivity index (χ3v) is 3.26. The number of hydroxylamine groups is 2. The van der Waals surface area contributed by atoms with E-state index < -0.39 is 35.4 Å². The van der Waals surface area contributed by atoms with Gasteiger partial charge in [-0.05, 0) is 24.2 Å². The number of carbonyl (C=O) groups is 3. The molecule has 8 heteroatoms. The van der Waals surface area contributed by atoms with Crippen LogP contribution in [0.3, 0.4) is 0 Å². The molecule has 0 bridgehead atoms. The molecule has 1 unspecified atom stereocenters. The van der Waals surface area contributed by atoms with E-state index in [0.29, 0.717) is 6.42 Å². The zero-order valence-corrected chi connectivity index (χ0v) is 14.4. The van der Waals surface area contributed by atoms with Crippen molar-refractivity contribution in [2.45, 2.75) is 52.7 Å². The van der Waals surface area contributed by atoms with Crippen LogP contribution < -0.4 is 10.6 Å². The number of nitrogens with zero attached hydrogens (tertiary/aromatic N) is 1. The molecule has 0 aromatic carbocycles. The van der Waals surface area contributed by atoms with E-state index in [-0.39, 0.29) is 17.4 Å². The van der Waals surface area contributed by atoms with Crippen LogP contribution in [0.2, 0.25) is 0 Å². The lowest BCUT2D eigenvalue weighted by molar-refractivity contribution is -0.163. The maximum Gasteiger partial charge on any atom is 0.349 e. The molecule has 0 fully saturated rings. The number of likely N-dealkylation sites (N-methyl/N-ethyl adjacent to an activating group) is 1. The number of amides is 4. The highest BCUT2D eigenvalue weighted by atomic mass is 16.5. The third-order valence-electron chi connectivity index (χ3n) is 3.26. The second kappa shape index (κ2) is 8.83. The molecular weight excluding hydrogens is 302 g/mol. The molecule has 0 aromatic heterocycles. The second-order valence-electron chi connectivity index (χ2n) is 6.71. The summed E-state index contributed by atoms with van der Waals surface area (Å²) in [5, 5.41) is 23.9. The van der Waals surface area contributed by atoms with Crippen molar-refractivity contribution >= 4 is 17.8 Å². The largest absolute Gasteiger partial charge is 0.383 e. The minimum Gasteiger partial charge on any atom is -0.383 e. The monoisotopic (exact) mass is 330 g/mol. The Morgan fingerprint density at radius 2 is 1.74 bits per heavy atom. The highest BCUT2D eigenvalue weighted by Gasteiger charge is 2.35. The van der Waals surface area contributed by atoms with Crippen LogP contribution >= 0.6 is 0 Å². The van der Waals surface area contributed by atoms with Crippen molar-refractivity contribution in [2.24, 2.45) is 11.3 Å². The van der Waals surface area contributed by atoms with Gasteiger partial charge in [-0.2, -0.15) is 0 Å². The van der Waals surface area contributed by atoms with Crippen molar-refractivity contribution in [1.29, 1.82) is 0 Å². The molecule has 0 heterocycles. The topological polar surface area (TPSA) is 119 Å². The van der Waals surface area contributed by atoms with E-state index in [0.717, 1.165) is 0 Å². The van der Waals surface area contributed by atoms with Crippen LogP contribution in [-0.4, -0.2) is 52.4 Å². The molecule has 0 spiro atoms. The molecule has 133 valence electrons. The van der Waals surface area contributed by atoms with Gasteiger partial charge in [0.1, 0.15) is 12.1 Å². The minimum absolute atomic E-state index is 0.0249. The van der Waals surface area contributed by atoms with Gasteiger partial charge in [-0.25, -0.2) is 4.79 Å². The molecule has 0 aliphatic carbocycles. The number of urea groups is 1. The summed E-state index contributed by atoms with van der Waals surface area (Å²) in [6, 6.07) is -2.13. The average molecular weight is 330 g/mol. The minimum atomic E-state index is -1.51. The Hall–Kier alpha value is -1.67. The summed E-state index contributed by atoms with van der Waals surface area (Å²) in [5.74, 6) is -1.58. The Morgan fingerprint density at radius 3 is 2.13 bits per heavy atom. The Bertz CT molecular complexity index is 431. The third kappa shape index (κ3) is 6.96. The van der Waals surface area contributed by atoms with Gasteiger partial charge < -0.3 is 15.7 Å². The van der Waals surface area contributed by atoms with Crippen molar-refractivity contribution < 1.29 is 24.7 Å². The zero-order chi connectivity index (χ0) is 18.4. The van der Waals surface area contributed by atoms with Gasteiger partial charge >= 0.3 is 6.03 Å². The first-order valence-corrected chi connectivity index (χ1v) is 7.47. The van der Waals surface area contributed by atoms with Crippen molar-refractivity contribution in [1.82, 2.24) is 15.7 Å². The molecule has 0 aromatic rings. The van der Waals surface area contributed by atoms with E-state index >= 15 is 0 Å².